The van der Waals surface area contributed by atoms with Crippen molar-refractivity contribution < 1.29 is 4.74 Å². The topological polar surface area (TPSA) is 46.2 Å². The molecule has 1 fully saturated rings. The minimum absolute atomic E-state index is 0.0745. The molecule has 2 heterocycles. The summed E-state index contributed by atoms with van der Waals surface area (Å²) in [7, 11) is 0. The van der Waals surface area contributed by atoms with Crippen LogP contribution in [0.15, 0.2) is 36.5 Å². The second-order valence-corrected chi connectivity index (χ2v) is 9.77. The number of ether oxygens (including phenoxy) is 1. The second-order valence-electron chi connectivity index (χ2n) is 8.65. The molecule has 2 N–H and O–H groups in total. The van der Waals surface area contributed by atoms with Gasteiger partial charge in [0.25, 0.3) is 0 Å². The average molecular weight is 388 g/mol. The Balaban J connectivity index is 1.60. The molecule has 1 aliphatic heterocycles. The van der Waals surface area contributed by atoms with Gasteiger partial charge in [-0.1, -0.05) is 51.1 Å². The van der Waals surface area contributed by atoms with E-state index in [-0.39, 0.29) is 11.0 Å². The Morgan fingerprint density at radius 1 is 1.19 bits per heavy atom. The maximum Gasteiger partial charge on any atom is 0.0981 e. The smallest absolute Gasteiger partial charge is 0.0981 e. The highest BCUT2D eigenvalue weighted by Gasteiger charge is 2.33. The van der Waals surface area contributed by atoms with E-state index in [2.05, 4.69) is 73.6 Å². The minimum atomic E-state index is 0.0745. The molecule has 3 rings (SSSR count). The van der Waals surface area contributed by atoms with E-state index in [4.69, 9.17) is 4.74 Å². The lowest BCUT2D eigenvalue weighted by Gasteiger charge is -2.40. The van der Waals surface area contributed by atoms with Crippen LogP contribution >= 0.6 is 11.3 Å². The Labute approximate surface area is 167 Å². The van der Waals surface area contributed by atoms with Crippen molar-refractivity contribution in [1.29, 1.82) is 0 Å². The first-order chi connectivity index (χ1) is 12.9. The molecule has 1 unspecified atom stereocenters. The second kappa shape index (κ2) is 8.82. The summed E-state index contributed by atoms with van der Waals surface area (Å²) < 4.78 is 5.64. The molecule has 5 heteroatoms. The summed E-state index contributed by atoms with van der Waals surface area (Å²) in [5, 5.41) is 8.80. The molecule has 1 aromatic heterocycles. The molecule has 0 amide bonds. The summed E-state index contributed by atoms with van der Waals surface area (Å²) in [5.41, 5.74) is 1.53. The minimum Gasteiger partial charge on any atom is -0.381 e. The molecule has 148 valence electrons. The van der Waals surface area contributed by atoms with Gasteiger partial charge in [-0.15, -0.1) is 11.3 Å². The van der Waals surface area contributed by atoms with Crippen LogP contribution in [0.3, 0.4) is 0 Å². The molecule has 0 saturated carbocycles. The highest BCUT2D eigenvalue weighted by molar-refractivity contribution is 7.11. The quantitative estimate of drug-likeness (QED) is 0.738. The van der Waals surface area contributed by atoms with Crippen molar-refractivity contribution in [3.05, 3.63) is 52.0 Å². The molecule has 1 aromatic carbocycles. The molecule has 0 bridgehead atoms. The van der Waals surface area contributed by atoms with Crippen LogP contribution in [0.25, 0.3) is 0 Å². The summed E-state index contributed by atoms with van der Waals surface area (Å²) in [4.78, 5) is 5.91. The maximum absolute atomic E-state index is 5.64. The molecule has 2 aromatic rings. The van der Waals surface area contributed by atoms with E-state index in [0.717, 1.165) is 39.1 Å². The zero-order valence-corrected chi connectivity index (χ0v) is 17.9. The van der Waals surface area contributed by atoms with Crippen molar-refractivity contribution in [2.45, 2.75) is 64.1 Å². The highest BCUT2D eigenvalue weighted by atomic mass is 32.1. The lowest BCUT2D eigenvalue weighted by atomic mass is 9.88. The average Bonchev–Trinajstić information content (AvgIpc) is 3.12. The first-order valence-corrected chi connectivity index (χ1v) is 10.8. The molecule has 0 aliphatic carbocycles. The van der Waals surface area contributed by atoms with Crippen molar-refractivity contribution in [2.75, 3.05) is 19.8 Å². The summed E-state index contributed by atoms with van der Waals surface area (Å²) >= 11 is 1.82. The highest BCUT2D eigenvalue weighted by Crippen LogP contribution is 2.28. The molecule has 27 heavy (non-hydrogen) atoms. The van der Waals surface area contributed by atoms with Gasteiger partial charge in [0.05, 0.1) is 5.01 Å². The molecule has 4 nitrogen and oxygen atoms in total. The molecule has 1 saturated heterocycles. The largest absolute Gasteiger partial charge is 0.381 e. The first-order valence-electron chi connectivity index (χ1n) is 9.94. The summed E-state index contributed by atoms with van der Waals surface area (Å²) in [6.07, 6.45) is 4.09. The van der Waals surface area contributed by atoms with Gasteiger partial charge in [-0.25, -0.2) is 4.98 Å². The van der Waals surface area contributed by atoms with Gasteiger partial charge in [0.15, 0.2) is 0 Å². The predicted molar refractivity (Wildman–Crippen MR) is 113 cm³/mol. The van der Waals surface area contributed by atoms with Gasteiger partial charge in [-0.05, 0) is 25.3 Å². The lowest BCUT2D eigenvalue weighted by Crippen LogP contribution is -2.56. The van der Waals surface area contributed by atoms with Gasteiger partial charge in [-0.2, -0.15) is 0 Å². The normalized spacial score (nSPS) is 18.4. The lowest BCUT2D eigenvalue weighted by molar-refractivity contribution is 0.0337. The number of rotatable bonds is 7. The van der Waals surface area contributed by atoms with Crippen LogP contribution in [0.1, 0.15) is 62.0 Å². The van der Waals surface area contributed by atoms with Crippen molar-refractivity contribution in [2.24, 2.45) is 0 Å². The molecule has 0 radical (unpaired) electrons. The molecule has 1 aliphatic rings. The van der Waals surface area contributed by atoms with E-state index in [1.165, 1.54) is 15.4 Å². The van der Waals surface area contributed by atoms with Gasteiger partial charge in [0.2, 0.25) is 0 Å². The van der Waals surface area contributed by atoms with Gasteiger partial charge < -0.3 is 15.4 Å². The fourth-order valence-electron chi connectivity index (χ4n) is 3.58. The summed E-state index contributed by atoms with van der Waals surface area (Å²) in [6.45, 7) is 12.4. The van der Waals surface area contributed by atoms with E-state index in [1.807, 2.05) is 17.5 Å². The first kappa shape index (κ1) is 20.5. The fourth-order valence-corrected chi connectivity index (χ4v) is 4.52. The van der Waals surface area contributed by atoms with Crippen molar-refractivity contribution in [1.82, 2.24) is 15.6 Å². The van der Waals surface area contributed by atoms with Crippen LogP contribution in [0.2, 0.25) is 0 Å². The number of nitrogens with zero attached hydrogens (tertiary/aromatic N) is 1. The van der Waals surface area contributed by atoms with Gasteiger partial charge in [0.1, 0.15) is 0 Å². The monoisotopic (exact) mass is 387 g/mol. The van der Waals surface area contributed by atoms with E-state index in [0.29, 0.717) is 6.04 Å². The Hall–Kier alpha value is -1.27. The third-order valence-corrected chi connectivity index (χ3v) is 6.65. The SMILES string of the molecule is CC(NC1(CNCc2cnc(C(C)(C)C)s2)CCOCC1)c1ccccc1. The molecule has 1 atom stereocenters. The summed E-state index contributed by atoms with van der Waals surface area (Å²) in [5.74, 6) is 0. The Bertz CT molecular complexity index is 702. The van der Waals surface area contributed by atoms with Crippen molar-refractivity contribution >= 4 is 11.3 Å². The van der Waals surface area contributed by atoms with Crippen LogP contribution in [-0.2, 0) is 16.7 Å². The van der Waals surface area contributed by atoms with Gasteiger partial charge >= 0.3 is 0 Å². The number of nitrogens with one attached hydrogen (secondary N) is 2. The van der Waals surface area contributed by atoms with E-state index < -0.39 is 0 Å². The number of thiazole rings is 1. The number of benzene rings is 1. The van der Waals surface area contributed by atoms with Crippen molar-refractivity contribution in [3.8, 4) is 0 Å². The number of aromatic nitrogens is 1. The van der Waals surface area contributed by atoms with Crippen LogP contribution < -0.4 is 10.6 Å². The number of hydrogen-bond acceptors (Lipinski definition) is 5. The van der Waals surface area contributed by atoms with Crippen LogP contribution in [0.4, 0.5) is 0 Å². The molecular formula is C22H33N3OS. The van der Waals surface area contributed by atoms with Crippen LogP contribution in [0.5, 0.6) is 0 Å². The molecular weight excluding hydrogens is 354 g/mol. The maximum atomic E-state index is 5.64. The van der Waals surface area contributed by atoms with Gasteiger partial charge in [0, 0.05) is 54.4 Å². The van der Waals surface area contributed by atoms with Gasteiger partial charge in [-0.3, -0.25) is 0 Å². The third kappa shape index (κ3) is 5.61. The third-order valence-electron chi connectivity index (χ3n) is 5.23. The fraction of sp³-hybridized carbons (Fsp3) is 0.591. The van der Waals surface area contributed by atoms with E-state index in [1.54, 1.807) is 0 Å². The van der Waals surface area contributed by atoms with E-state index in [9.17, 15) is 0 Å². The van der Waals surface area contributed by atoms with Crippen LogP contribution in [-0.4, -0.2) is 30.3 Å². The number of hydrogen-bond donors (Lipinski definition) is 2. The predicted octanol–water partition coefficient (Wildman–Crippen LogP) is 4.43. The Morgan fingerprint density at radius 2 is 1.89 bits per heavy atom. The van der Waals surface area contributed by atoms with E-state index >= 15 is 0 Å². The van der Waals surface area contributed by atoms with Crippen LogP contribution in [0, 0.1) is 0 Å². The molecule has 0 spiro atoms. The Kier molecular flexibility index (Phi) is 6.69. The zero-order valence-electron chi connectivity index (χ0n) is 17.0. The summed E-state index contributed by atoms with van der Waals surface area (Å²) in [6, 6.07) is 11.0. The zero-order chi connectivity index (χ0) is 19.3. The Morgan fingerprint density at radius 3 is 2.52 bits per heavy atom. The van der Waals surface area contributed by atoms with Crippen molar-refractivity contribution in [3.63, 3.8) is 0 Å². The standard InChI is InChI=1S/C22H33N3OS/c1-17(18-8-6-5-7-9-18)25-22(10-12-26-13-11-22)16-23-14-19-15-24-20(27-19)21(2,3)4/h5-9,15,17,23,25H,10-14,16H2,1-4H3.